The maximum absolute atomic E-state index is 12.6. The number of aryl methyl sites for hydroxylation is 1. The zero-order valence-corrected chi connectivity index (χ0v) is 15.0. The molecule has 2 aromatic rings. The zero-order valence-electron chi connectivity index (χ0n) is 14.3. The van der Waals surface area contributed by atoms with Crippen molar-refractivity contribution in [1.29, 1.82) is 0 Å². The molecular formula is C16H16ClF3N4O3. The van der Waals surface area contributed by atoms with Gasteiger partial charge < -0.3 is 14.2 Å². The number of carbonyl (C=O) groups is 1. The summed E-state index contributed by atoms with van der Waals surface area (Å²) in [4.78, 5) is 22.2. The topological polar surface area (TPSA) is 81.4 Å². The summed E-state index contributed by atoms with van der Waals surface area (Å²) in [6, 6.07) is 1.26. The van der Waals surface area contributed by atoms with Crippen molar-refractivity contribution in [3.63, 3.8) is 0 Å². The second-order valence-corrected chi connectivity index (χ2v) is 6.57. The van der Waals surface area contributed by atoms with Crippen molar-refractivity contribution in [3.8, 4) is 5.88 Å². The van der Waals surface area contributed by atoms with Crippen LogP contribution in [0.15, 0.2) is 16.8 Å². The van der Waals surface area contributed by atoms with Gasteiger partial charge in [0.25, 0.3) is 5.91 Å². The van der Waals surface area contributed by atoms with Gasteiger partial charge >= 0.3 is 6.18 Å². The summed E-state index contributed by atoms with van der Waals surface area (Å²) in [5.74, 6) is 0.561. The van der Waals surface area contributed by atoms with Crippen molar-refractivity contribution < 1.29 is 27.2 Å². The first kappa shape index (κ1) is 19.4. The predicted octanol–water partition coefficient (Wildman–Crippen LogP) is 3.39. The minimum absolute atomic E-state index is 0.0927. The normalized spacial score (nSPS) is 15.8. The van der Waals surface area contributed by atoms with Gasteiger partial charge in [-0.15, -0.1) is 0 Å². The lowest BCUT2D eigenvalue weighted by atomic mass is 9.96. The van der Waals surface area contributed by atoms with Gasteiger partial charge in [0.05, 0.1) is 5.56 Å². The average Bonchev–Trinajstić information content (AvgIpc) is 3.06. The lowest BCUT2D eigenvalue weighted by Crippen LogP contribution is -2.38. The maximum atomic E-state index is 12.6. The molecule has 1 saturated heterocycles. The van der Waals surface area contributed by atoms with Gasteiger partial charge in [-0.1, -0.05) is 16.8 Å². The molecule has 7 nitrogen and oxygen atoms in total. The SMILES string of the molecule is Cc1noc(C2CCN(C(=O)c3cnc(OCC(F)(F)F)c(Cl)c3)CC2)n1. The molecule has 11 heteroatoms. The third kappa shape index (κ3) is 4.88. The number of halogens is 4. The highest BCUT2D eigenvalue weighted by Crippen LogP contribution is 2.29. The van der Waals surface area contributed by atoms with E-state index in [4.69, 9.17) is 16.1 Å². The van der Waals surface area contributed by atoms with E-state index in [2.05, 4.69) is 19.9 Å². The van der Waals surface area contributed by atoms with Crippen LogP contribution in [-0.4, -0.2) is 51.8 Å². The molecule has 0 saturated carbocycles. The molecular weight excluding hydrogens is 389 g/mol. The fraction of sp³-hybridized carbons (Fsp3) is 0.500. The van der Waals surface area contributed by atoms with Crippen molar-refractivity contribution in [1.82, 2.24) is 20.0 Å². The number of aromatic nitrogens is 3. The number of ether oxygens (including phenoxy) is 1. The van der Waals surface area contributed by atoms with Gasteiger partial charge in [0, 0.05) is 25.2 Å². The first-order chi connectivity index (χ1) is 12.7. The van der Waals surface area contributed by atoms with Crippen LogP contribution in [-0.2, 0) is 0 Å². The van der Waals surface area contributed by atoms with E-state index in [-0.39, 0.29) is 28.3 Å². The minimum atomic E-state index is -4.50. The van der Waals surface area contributed by atoms with Crippen LogP contribution < -0.4 is 4.74 Å². The second-order valence-electron chi connectivity index (χ2n) is 6.16. The largest absolute Gasteiger partial charge is 0.467 e. The molecule has 3 heterocycles. The molecule has 0 aromatic carbocycles. The van der Waals surface area contributed by atoms with E-state index in [0.717, 1.165) is 6.20 Å². The summed E-state index contributed by atoms with van der Waals surface area (Å²) < 4.78 is 46.3. The number of amides is 1. The van der Waals surface area contributed by atoms with Gasteiger partial charge in [-0.25, -0.2) is 4.98 Å². The number of hydrogen-bond donors (Lipinski definition) is 0. The van der Waals surface area contributed by atoms with Crippen LogP contribution in [0.5, 0.6) is 5.88 Å². The molecule has 0 unspecified atom stereocenters. The van der Waals surface area contributed by atoms with Gasteiger partial charge in [0.2, 0.25) is 11.8 Å². The molecule has 0 aliphatic carbocycles. The molecule has 0 spiro atoms. The molecule has 2 aromatic heterocycles. The predicted molar refractivity (Wildman–Crippen MR) is 87.7 cm³/mol. The average molecular weight is 405 g/mol. The monoisotopic (exact) mass is 404 g/mol. The van der Waals surface area contributed by atoms with E-state index in [1.165, 1.54) is 6.07 Å². The van der Waals surface area contributed by atoms with Crippen molar-refractivity contribution >= 4 is 17.5 Å². The second kappa shape index (κ2) is 7.71. The highest BCUT2D eigenvalue weighted by Gasteiger charge is 2.30. The van der Waals surface area contributed by atoms with Crippen LogP contribution in [0.25, 0.3) is 0 Å². The van der Waals surface area contributed by atoms with Gasteiger partial charge in [-0.2, -0.15) is 18.2 Å². The Labute approximate surface area is 157 Å². The van der Waals surface area contributed by atoms with Crippen molar-refractivity contribution in [2.45, 2.75) is 31.9 Å². The van der Waals surface area contributed by atoms with E-state index in [0.29, 0.717) is 37.6 Å². The van der Waals surface area contributed by atoms with E-state index in [1.54, 1.807) is 11.8 Å². The summed E-state index contributed by atoms with van der Waals surface area (Å²) in [5.41, 5.74) is 0.187. The van der Waals surface area contributed by atoms with Crippen molar-refractivity contribution in [3.05, 3.63) is 34.6 Å². The molecule has 146 valence electrons. The Kier molecular flexibility index (Phi) is 5.54. The highest BCUT2D eigenvalue weighted by molar-refractivity contribution is 6.32. The number of piperidine rings is 1. The molecule has 0 radical (unpaired) electrons. The molecule has 1 aliphatic heterocycles. The van der Waals surface area contributed by atoms with Gasteiger partial charge in [0.1, 0.15) is 5.02 Å². The van der Waals surface area contributed by atoms with Crippen LogP contribution in [0.1, 0.15) is 40.8 Å². The maximum Gasteiger partial charge on any atom is 0.422 e. The molecule has 1 fully saturated rings. The van der Waals surface area contributed by atoms with E-state index < -0.39 is 12.8 Å². The Morgan fingerprint density at radius 2 is 2.11 bits per heavy atom. The summed E-state index contributed by atoms with van der Waals surface area (Å²) >= 11 is 5.89. The van der Waals surface area contributed by atoms with Crippen LogP contribution in [0.2, 0.25) is 5.02 Å². The van der Waals surface area contributed by atoms with Crippen LogP contribution in [0.3, 0.4) is 0 Å². The minimum Gasteiger partial charge on any atom is -0.467 e. The van der Waals surface area contributed by atoms with Crippen LogP contribution in [0.4, 0.5) is 13.2 Å². The van der Waals surface area contributed by atoms with Crippen LogP contribution in [0, 0.1) is 6.92 Å². The van der Waals surface area contributed by atoms with Crippen molar-refractivity contribution in [2.75, 3.05) is 19.7 Å². The Morgan fingerprint density at radius 1 is 1.41 bits per heavy atom. The van der Waals surface area contributed by atoms with Gasteiger partial charge in [0.15, 0.2) is 12.4 Å². The van der Waals surface area contributed by atoms with Crippen LogP contribution >= 0.6 is 11.6 Å². The quantitative estimate of drug-likeness (QED) is 0.777. The highest BCUT2D eigenvalue weighted by atomic mass is 35.5. The molecule has 27 heavy (non-hydrogen) atoms. The summed E-state index contributed by atoms with van der Waals surface area (Å²) in [5, 5.41) is 3.62. The lowest BCUT2D eigenvalue weighted by molar-refractivity contribution is -0.154. The summed E-state index contributed by atoms with van der Waals surface area (Å²) in [6.45, 7) is 1.20. The Morgan fingerprint density at radius 3 is 2.67 bits per heavy atom. The molecule has 0 atom stereocenters. The number of alkyl halides is 3. The Hall–Kier alpha value is -2.36. The third-order valence-corrected chi connectivity index (χ3v) is 4.37. The lowest BCUT2D eigenvalue weighted by Gasteiger charge is -2.30. The molecule has 1 aliphatic rings. The Balaban J connectivity index is 1.60. The van der Waals surface area contributed by atoms with Gasteiger partial charge in [-0.3, -0.25) is 4.79 Å². The number of pyridine rings is 1. The number of hydrogen-bond acceptors (Lipinski definition) is 6. The summed E-state index contributed by atoms with van der Waals surface area (Å²) in [7, 11) is 0. The smallest absolute Gasteiger partial charge is 0.422 e. The zero-order chi connectivity index (χ0) is 19.6. The number of nitrogens with zero attached hydrogens (tertiary/aromatic N) is 4. The van der Waals surface area contributed by atoms with E-state index in [1.807, 2.05) is 0 Å². The molecule has 0 bridgehead atoms. The van der Waals surface area contributed by atoms with E-state index in [9.17, 15) is 18.0 Å². The molecule has 1 amide bonds. The Bertz CT molecular complexity index is 819. The first-order valence-corrected chi connectivity index (χ1v) is 8.55. The van der Waals surface area contributed by atoms with Crippen molar-refractivity contribution in [2.24, 2.45) is 0 Å². The number of rotatable bonds is 4. The standard InChI is InChI=1S/C16H16ClF3N4O3/c1-9-22-13(27-23-9)10-2-4-24(5-3-10)15(25)11-6-12(17)14(21-7-11)26-8-16(18,19)20/h6-7,10H,2-5,8H2,1H3. The molecule has 3 rings (SSSR count). The number of carbonyl (C=O) groups excluding carboxylic acids is 1. The molecule has 0 N–H and O–H groups in total. The van der Waals surface area contributed by atoms with E-state index >= 15 is 0 Å². The fourth-order valence-electron chi connectivity index (χ4n) is 2.79. The summed E-state index contributed by atoms with van der Waals surface area (Å²) in [6.07, 6.45) is -2.00. The third-order valence-electron chi connectivity index (χ3n) is 4.10. The fourth-order valence-corrected chi connectivity index (χ4v) is 3.01. The van der Waals surface area contributed by atoms with Gasteiger partial charge in [-0.05, 0) is 25.8 Å². The first-order valence-electron chi connectivity index (χ1n) is 8.17. The number of likely N-dealkylation sites (tertiary alicyclic amines) is 1.